The van der Waals surface area contributed by atoms with Crippen LogP contribution < -0.4 is 10.3 Å². The molecule has 1 amide bonds. The SMILES string of the molecule is Cc1ccc(C2c3c(oc4ccc(C)cc4c3=O)C(=O)N2c2ccc(C)cn2)cc1. The van der Waals surface area contributed by atoms with Crippen LogP contribution in [0.1, 0.15) is 44.4 Å². The lowest BCUT2D eigenvalue weighted by Crippen LogP contribution is -2.30. The maximum atomic E-state index is 13.5. The van der Waals surface area contributed by atoms with Gasteiger partial charge in [-0.2, -0.15) is 0 Å². The third-order valence-electron chi connectivity index (χ3n) is 5.56. The number of aryl methyl sites for hydroxylation is 3. The van der Waals surface area contributed by atoms with Crippen LogP contribution in [-0.2, 0) is 0 Å². The molecule has 5 nitrogen and oxygen atoms in total. The van der Waals surface area contributed by atoms with Crippen LogP contribution >= 0.6 is 0 Å². The highest BCUT2D eigenvalue weighted by Crippen LogP contribution is 2.40. The third-order valence-corrected chi connectivity index (χ3v) is 5.56. The minimum atomic E-state index is -0.593. The molecule has 0 saturated heterocycles. The van der Waals surface area contributed by atoms with Gasteiger partial charge < -0.3 is 4.42 Å². The standard InChI is InChI=1S/C25H20N2O3/c1-14-4-8-17(9-5-14)22-21-23(28)18-12-15(2)6-10-19(18)30-24(21)25(29)27(22)20-11-7-16(3)13-26-20/h4-13,22H,1-3H3. The molecular formula is C25H20N2O3. The van der Waals surface area contributed by atoms with Gasteiger partial charge in [0, 0.05) is 6.20 Å². The Kier molecular flexibility index (Phi) is 4.07. The lowest BCUT2D eigenvalue weighted by atomic mass is 9.97. The van der Waals surface area contributed by atoms with Crippen LogP contribution in [-0.4, -0.2) is 10.9 Å². The number of carbonyl (C=O) groups excluding carboxylic acids is 1. The summed E-state index contributed by atoms with van der Waals surface area (Å²) in [6, 6.07) is 16.4. The first-order chi connectivity index (χ1) is 14.4. The number of benzene rings is 2. The van der Waals surface area contributed by atoms with E-state index in [0.717, 1.165) is 22.3 Å². The fourth-order valence-electron chi connectivity index (χ4n) is 3.99. The molecule has 0 radical (unpaired) electrons. The van der Waals surface area contributed by atoms with Crippen molar-refractivity contribution in [2.45, 2.75) is 26.8 Å². The van der Waals surface area contributed by atoms with Crippen LogP contribution in [0.5, 0.6) is 0 Å². The fourth-order valence-corrected chi connectivity index (χ4v) is 3.99. The number of pyridine rings is 1. The van der Waals surface area contributed by atoms with Crippen molar-refractivity contribution in [2.75, 3.05) is 4.90 Å². The van der Waals surface area contributed by atoms with Crippen LogP contribution in [0.3, 0.4) is 0 Å². The molecule has 0 spiro atoms. The largest absolute Gasteiger partial charge is 0.450 e. The van der Waals surface area contributed by atoms with E-state index in [4.69, 9.17) is 4.42 Å². The Bertz CT molecular complexity index is 1350. The summed E-state index contributed by atoms with van der Waals surface area (Å²) in [5.41, 5.74) is 4.50. The Morgan fingerprint density at radius 1 is 0.867 bits per heavy atom. The van der Waals surface area contributed by atoms with E-state index in [9.17, 15) is 9.59 Å². The number of amides is 1. The number of nitrogens with zero attached hydrogens (tertiary/aromatic N) is 2. The monoisotopic (exact) mass is 396 g/mol. The topological polar surface area (TPSA) is 63.4 Å². The molecule has 1 aliphatic rings. The second kappa shape index (κ2) is 6.66. The van der Waals surface area contributed by atoms with E-state index in [1.807, 2.05) is 63.2 Å². The summed E-state index contributed by atoms with van der Waals surface area (Å²) in [4.78, 5) is 33.0. The number of aromatic nitrogens is 1. The van der Waals surface area contributed by atoms with Crippen molar-refractivity contribution in [1.82, 2.24) is 4.98 Å². The van der Waals surface area contributed by atoms with Crippen LogP contribution in [0.25, 0.3) is 11.0 Å². The van der Waals surface area contributed by atoms with Gasteiger partial charge in [-0.3, -0.25) is 14.5 Å². The molecule has 0 saturated carbocycles. The molecule has 3 heterocycles. The van der Waals surface area contributed by atoms with Crippen molar-refractivity contribution >= 4 is 22.7 Å². The minimum Gasteiger partial charge on any atom is -0.450 e. The molecule has 1 unspecified atom stereocenters. The van der Waals surface area contributed by atoms with Gasteiger partial charge in [0.15, 0.2) is 5.43 Å². The molecule has 148 valence electrons. The Morgan fingerprint density at radius 3 is 2.27 bits per heavy atom. The summed E-state index contributed by atoms with van der Waals surface area (Å²) in [5, 5.41) is 0.484. The summed E-state index contributed by atoms with van der Waals surface area (Å²) in [6.45, 7) is 5.87. The van der Waals surface area contributed by atoms with E-state index in [1.54, 1.807) is 23.2 Å². The average molecular weight is 396 g/mol. The van der Waals surface area contributed by atoms with E-state index >= 15 is 0 Å². The van der Waals surface area contributed by atoms with Gasteiger partial charge in [-0.15, -0.1) is 0 Å². The van der Waals surface area contributed by atoms with E-state index < -0.39 is 6.04 Å². The molecule has 1 atom stereocenters. The lowest BCUT2D eigenvalue weighted by Gasteiger charge is -2.24. The number of anilines is 1. The smallest absolute Gasteiger partial charge is 0.296 e. The molecule has 0 fully saturated rings. The van der Waals surface area contributed by atoms with Crippen molar-refractivity contribution in [3.8, 4) is 0 Å². The first kappa shape index (κ1) is 18.3. The van der Waals surface area contributed by atoms with Crippen molar-refractivity contribution in [3.63, 3.8) is 0 Å². The summed E-state index contributed by atoms with van der Waals surface area (Å²) in [5.74, 6) is 0.220. The predicted octanol–water partition coefficient (Wildman–Crippen LogP) is 4.86. The third kappa shape index (κ3) is 2.74. The van der Waals surface area contributed by atoms with Crippen molar-refractivity contribution in [3.05, 3.63) is 105 Å². The minimum absolute atomic E-state index is 0.0873. The van der Waals surface area contributed by atoms with Gasteiger partial charge in [-0.25, -0.2) is 4.98 Å². The van der Waals surface area contributed by atoms with Gasteiger partial charge in [0.05, 0.1) is 17.0 Å². The molecule has 5 heteroatoms. The van der Waals surface area contributed by atoms with Gasteiger partial charge in [0.25, 0.3) is 5.91 Å². The molecule has 4 aromatic rings. The molecule has 0 N–H and O–H groups in total. The highest BCUT2D eigenvalue weighted by molar-refractivity contribution is 6.10. The maximum absolute atomic E-state index is 13.5. The molecular weight excluding hydrogens is 376 g/mol. The predicted molar refractivity (Wildman–Crippen MR) is 116 cm³/mol. The van der Waals surface area contributed by atoms with Crippen LogP contribution in [0.2, 0.25) is 0 Å². The second-order valence-electron chi connectivity index (χ2n) is 7.86. The number of fused-ring (bicyclic) bond motifs is 2. The first-order valence-electron chi connectivity index (χ1n) is 9.84. The van der Waals surface area contributed by atoms with Gasteiger partial charge in [0.1, 0.15) is 11.4 Å². The van der Waals surface area contributed by atoms with E-state index in [0.29, 0.717) is 22.4 Å². The molecule has 5 rings (SSSR count). The summed E-state index contributed by atoms with van der Waals surface area (Å²) >= 11 is 0. The van der Waals surface area contributed by atoms with Crippen LogP contribution in [0, 0.1) is 20.8 Å². The molecule has 2 aromatic carbocycles. The van der Waals surface area contributed by atoms with Crippen molar-refractivity contribution in [1.29, 1.82) is 0 Å². The van der Waals surface area contributed by atoms with Crippen molar-refractivity contribution < 1.29 is 9.21 Å². The Labute approximate surface area is 173 Å². The maximum Gasteiger partial charge on any atom is 0.296 e. The average Bonchev–Trinajstić information content (AvgIpc) is 3.03. The van der Waals surface area contributed by atoms with Gasteiger partial charge in [0.2, 0.25) is 5.76 Å². The molecule has 2 aromatic heterocycles. The fraction of sp³-hybridized carbons (Fsp3) is 0.160. The highest BCUT2D eigenvalue weighted by atomic mass is 16.3. The van der Waals surface area contributed by atoms with E-state index in [1.165, 1.54) is 0 Å². The second-order valence-corrected chi connectivity index (χ2v) is 7.86. The van der Waals surface area contributed by atoms with Crippen LogP contribution in [0.15, 0.2) is 70.0 Å². The first-order valence-corrected chi connectivity index (χ1v) is 9.84. The Morgan fingerprint density at radius 2 is 1.57 bits per heavy atom. The van der Waals surface area contributed by atoms with Crippen molar-refractivity contribution in [2.24, 2.45) is 0 Å². The van der Waals surface area contributed by atoms with E-state index in [2.05, 4.69) is 4.98 Å². The Balaban J connectivity index is 1.81. The summed E-state index contributed by atoms with van der Waals surface area (Å²) in [6.07, 6.45) is 1.72. The number of carbonyl (C=O) groups is 1. The Hall–Kier alpha value is -3.73. The zero-order valence-electron chi connectivity index (χ0n) is 17.0. The van der Waals surface area contributed by atoms with E-state index in [-0.39, 0.29) is 17.1 Å². The number of hydrogen-bond acceptors (Lipinski definition) is 4. The number of hydrogen-bond donors (Lipinski definition) is 0. The summed E-state index contributed by atoms with van der Waals surface area (Å²) in [7, 11) is 0. The molecule has 1 aliphatic heterocycles. The number of rotatable bonds is 2. The van der Waals surface area contributed by atoms with Gasteiger partial charge in [-0.1, -0.05) is 47.5 Å². The highest BCUT2D eigenvalue weighted by Gasteiger charge is 2.44. The zero-order valence-corrected chi connectivity index (χ0v) is 17.0. The lowest BCUT2D eigenvalue weighted by molar-refractivity contribution is 0.0970. The molecule has 0 bridgehead atoms. The normalized spacial score (nSPS) is 15.6. The van der Waals surface area contributed by atoms with Crippen LogP contribution in [0.4, 0.5) is 5.82 Å². The molecule has 0 aliphatic carbocycles. The van der Waals surface area contributed by atoms with Gasteiger partial charge >= 0.3 is 0 Å². The van der Waals surface area contributed by atoms with Gasteiger partial charge in [-0.05, 0) is 50.1 Å². The summed E-state index contributed by atoms with van der Waals surface area (Å²) < 4.78 is 5.98. The molecule has 30 heavy (non-hydrogen) atoms. The quantitative estimate of drug-likeness (QED) is 0.485. The zero-order chi connectivity index (χ0) is 21.0.